The van der Waals surface area contributed by atoms with Crippen LogP contribution in [0.2, 0.25) is 0 Å². The topological polar surface area (TPSA) is 30.0 Å². The van der Waals surface area contributed by atoms with E-state index in [0.29, 0.717) is 0 Å². The summed E-state index contributed by atoms with van der Waals surface area (Å²) in [6.07, 6.45) is 3.81. The van der Waals surface area contributed by atoms with Crippen LogP contribution >= 0.6 is 27.3 Å². The van der Waals surface area contributed by atoms with Crippen molar-refractivity contribution in [1.29, 1.82) is 0 Å². The zero-order valence-corrected chi connectivity index (χ0v) is 7.35. The molecule has 1 heterocycles. The first-order valence-corrected chi connectivity index (χ1v) is 4.23. The maximum atomic E-state index is 9.86. The van der Waals surface area contributed by atoms with Crippen molar-refractivity contribution >= 4 is 39.6 Å². The van der Waals surface area contributed by atoms with Crippen LogP contribution in [0, 0.1) is 0 Å². The zero-order valence-electron chi connectivity index (χ0n) is 4.95. The second kappa shape index (κ2) is 3.63. The van der Waals surface area contributed by atoms with E-state index in [0.717, 1.165) is 15.9 Å². The molecule has 0 spiro atoms. The maximum absolute atomic E-state index is 9.86. The summed E-state index contributed by atoms with van der Waals surface area (Å²) in [6, 6.07) is 0. The Morgan fingerprint density at radius 3 is 3.00 bits per heavy atom. The Kier molecular flexibility index (Phi) is 2.77. The molecule has 4 heteroatoms. The van der Waals surface area contributed by atoms with Crippen molar-refractivity contribution in [1.82, 2.24) is 4.98 Å². The largest absolute Gasteiger partial charge is 0.299 e. The molecule has 1 aromatic heterocycles. The average Bonchev–Trinajstić information content (AvgIpc) is 2.31. The molecular weight excluding hydrogens is 214 g/mol. The molecule has 1 rings (SSSR count). The SMILES string of the molecule is O=C/C=C/c1csc(Br)n1. The Morgan fingerprint density at radius 2 is 2.50 bits per heavy atom. The lowest BCUT2D eigenvalue weighted by atomic mass is 10.4. The van der Waals surface area contributed by atoms with E-state index in [1.807, 2.05) is 5.38 Å². The first kappa shape index (κ1) is 7.63. The van der Waals surface area contributed by atoms with Gasteiger partial charge in [-0.25, -0.2) is 4.98 Å². The summed E-state index contributed by atoms with van der Waals surface area (Å²) < 4.78 is 0.832. The molecule has 0 aliphatic rings. The van der Waals surface area contributed by atoms with E-state index in [2.05, 4.69) is 20.9 Å². The van der Waals surface area contributed by atoms with Gasteiger partial charge < -0.3 is 0 Å². The van der Waals surface area contributed by atoms with E-state index in [9.17, 15) is 4.79 Å². The lowest BCUT2D eigenvalue weighted by molar-refractivity contribution is -0.104. The van der Waals surface area contributed by atoms with Crippen molar-refractivity contribution in [2.75, 3.05) is 0 Å². The number of hydrogen-bond acceptors (Lipinski definition) is 3. The van der Waals surface area contributed by atoms with E-state index in [4.69, 9.17) is 0 Å². The number of aldehydes is 1. The van der Waals surface area contributed by atoms with Crippen molar-refractivity contribution in [3.8, 4) is 0 Å². The number of hydrogen-bond donors (Lipinski definition) is 0. The van der Waals surface area contributed by atoms with Gasteiger partial charge in [-0.05, 0) is 28.1 Å². The van der Waals surface area contributed by atoms with Crippen molar-refractivity contribution in [3.05, 3.63) is 21.1 Å². The van der Waals surface area contributed by atoms with Gasteiger partial charge in [0.25, 0.3) is 0 Å². The lowest BCUT2D eigenvalue weighted by Crippen LogP contribution is -1.68. The number of rotatable bonds is 2. The fourth-order valence-corrected chi connectivity index (χ4v) is 1.47. The summed E-state index contributed by atoms with van der Waals surface area (Å²) in [5.74, 6) is 0. The smallest absolute Gasteiger partial charge is 0.159 e. The number of nitrogens with zero attached hydrogens (tertiary/aromatic N) is 1. The van der Waals surface area contributed by atoms with E-state index in [1.165, 1.54) is 17.4 Å². The van der Waals surface area contributed by atoms with E-state index < -0.39 is 0 Å². The highest BCUT2D eigenvalue weighted by atomic mass is 79.9. The van der Waals surface area contributed by atoms with Crippen molar-refractivity contribution in [2.24, 2.45) is 0 Å². The Bertz CT molecular complexity index is 256. The fraction of sp³-hybridized carbons (Fsp3) is 0. The van der Waals surface area contributed by atoms with Crippen molar-refractivity contribution in [2.45, 2.75) is 0 Å². The molecule has 0 aliphatic heterocycles. The maximum Gasteiger partial charge on any atom is 0.159 e. The summed E-state index contributed by atoms with van der Waals surface area (Å²) in [5, 5.41) is 1.87. The van der Waals surface area contributed by atoms with Gasteiger partial charge in [-0.15, -0.1) is 11.3 Å². The summed E-state index contributed by atoms with van der Waals surface area (Å²) in [4.78, 5) is 13.9. The molecule has 0 N–H and O–H groups in total. The number of thiazole rings is 1. The van der Waals surface area contributed by atoms with Crippen LogP contribution in [-0.2, 0) is 4.79 Å². The van der Waals surface area contributed by atoms with Gasteiger partial charge >= 0.3 is 0 Å². The number of carbonyl (C=O) groups is 1. The first-order valence-electron chi connectivity index (χ1n) is 2.56. The summed E-state index contributed by atoms with van der Waals surface area (Å²) in [7, 11) is 0. The number of carbonyl (C=O) groups excluding carboxylic acids is 1. The highest BCUT2D eigenvalue weighted by Gasteiger charge is 1.91. The lowest BCUT2D eigenvalue weighted by Gasteiger charge is -1.75. The Hall–Kier alpha value is -0.480. The molecule has 0 aromatic carbocycles. The molecular formula is C6H4BrNOS. The van der Waals surface area contributed by atoms with Crippen LogP contribution in [0.5, 0.6) is 0 Å². The van der Waals surface area contributed by atoms with Crippen LogP contribution < -0.4 is 0 Å². The third-order valence-corrected chi connectivity index (χ3v) is 2.22. The molecule has 52 valence electrons. The molecule has 1 aromatic rings. The van der Waals surface area contributed by atoms with Crippen molar-refractivity contribution < 1.29 is 4.79 Å². The van der Waals surface area contributed by atoms with Gasteiger partial charge in [0.1, 0.15) is 6.29 Å². The highest BCUT2D eigenvalue weighted by Crippen LogP contribution is 2.16. The van der Waals surface area contributed by atoms with Gasteiger partial charge in [0, 0.05) is 5.38 Å². The number of aromatic nitrogens is 1. The Morgan fingerprint density at radius 1 is 1.70 bits per heavy atom. The third-order valence-electron chi connectivity index (χ3n) is 0.839. The minimum atomic E-state index is 0.729. The predicted molar refractivity (Wildman–Crippen MR) is 44.9 cm³/mol. The van der Waals surface area contributed by atoms with Gasteiger partial charge in [0.15, 0.2) is 3.92 Å². The third kappa shape index (κ3) is 2.04. The van der Waals surface area contributed by atoms with Crippen LogP contribution in [-0.4, -0.2) is 11.3 Å². The predicted octanol–water partition coefficient (Wildman–Crippen LogP) is 2.12. The molecule has 0 saturated heterocycles. The normalized spacial score (nSPS) is 10.5. The standard InChI is InChI=1S/C6H4BrNOS/c7-6-8-5(4-10-6)2-1-3-9/h1-4H/b2-1+. The molecule has 0 aliphatic carbocycles. The van der Waals surface area contributed by atoms with Gasteiger partial charge in [0.05, 0.1) is 5.69 Å². The molecule has 0 amide bonds. The van der Waals surface area contributed by atoms with Crippen LogP contribution in [0.1, 0.15) is 5.69 Å². The number of halogens is 1. The minimum Gasteiger partial charge on any atom is -0.299 e. The first-order chi connectivity index (χ1) is 4.83. The molecule has 10 heavy (non-hydrogen) atoms. The zero-order chi connectivity index (χ0) is 7.40. The van der Waals surface area contributed by atoms with Crippen molar-refractivity contribution in [3.63, 3.8) is 0 Å². The Balaban J connectivity index is 2.75. The molecule has 0 fully saturated rings. The fourth-order valence-electron chi connectivity index (χ4n) is 0.478. The monoisotopic (exact) mass is 217 g/mol. The van der Waals surface area contributed by atoms with E-state index in [1.54, 1.807) is 6.08 Å². The van der Waals surface area contributed by atoms with Gasteiger partial charge in [0.2, 0.25) is 0 Å². The highest BCUT2D eigenvalue weighted by molar-refractivity contribution is 9.11. The van der Waals surface area contributed by atoms with Crippen LogP contribution in [0.25, 0.3) is 6.08 Å². The van der Waals surface area contributed by atoms with Crippen LogP contribution in [0.4, 0.5) is 0 Å². The second-order valence-corrected chi connectivity index (χ2v) is 3.65. The summed E-state index contributed by atoms with van der Waals surface area (Å²) >= 11 is 4.70. The Labute approximate surface area is 70.7 Å². The van der Waals surface area contributed by atoms with Gasteiger partial charge in [-0.3, -0.25) is 4.79 Å². The average molecular weight is 218 g/mol. The van der Waals surface area contributed by atoms with Gasteiger partial charge in [-0.2, -0.15) is 0 Å². The summed E-state index contributed by atoms with van der Waals surface area (Å²) in [6.45, 7) is 0. The van der Waals surface area contributed by atoms with Crippen LogP contribution in [0.15, 0.2) is 15.4 Å². The van der Waals surface area contributed by atoms with Gasteiger partial charge in [-0.1, -0.05) is 0 Å². The van der Waals surface area contributed by atoms with Crippen LogP contribution in [0.3, 0.4) is 0 Å². The molecule has 0 saturated carbocycles. The molecule has 2 nitrogen and oxygen atoms in total. The second-order valence-electron chi connectivity index (χ2n) is 1.52. The molecule has 0 radical (unpaired) electrons. The molecule has 0 bridgehead atoms. The quantitative estimate of drug-likeness (QED) is 0.562. The number of allylic oxidation sites excluding steroid dienone is 1. The van der Waals surface area contributed by atoms with E-state index >= 15 is 0 Å². The molecule has 0 atom stereocenters. The molecule has 0 unspecified atom stereocenters. The van der Waals surface area contributed by atoms with E-state index in [-0.39, 0.29) is 0 Å². The summed E-state index contributed by atoms with van der Waals surface area (Å²) in [5.41, 5.74) is 0.809. The minimum absolute atomic E-state index is 0.729.